The first kappa shape index (κ1) is 5.62. The van der Waals surface area contributed by atoms with E-state index in [9.17, 15) is 0 Å². The third-order valence-electron chi connectivity index (χ3n) is 2.97. The van der Waals surface area contributed by atoms with Gasteiger partial charge in [0.15, 0.2) is 0 Å². The Balaban J connectivity index is 2.55. The Kier molecular flexibility index (Phi) is 1.92. The van der Waals surface area contributed by atoms with Gasteiger partial charge in [-0.05, 0) is 24.7 Å². The van der Waals surface area contributed by atoms with Crippen LogP contribution in [0, 0.1) is 5.41 Å². The first-order valence-corrected chi connectivity index (χ1v) is 4.47. The molecular formula is C10H20. The van der Waals surface area contributed by atoms with Gasteiger partial charge in [-0.1, -0.05) is 39.5 Å². The molecular weight excluding hydrogens is 120 g/mol. The van der Waals surface area contributed by atoms with Crippen LogP contribution < -0.4 is 0 Å². The molecule has 1 rings (SSSR count). The molecule has 1 fully saturated rings. The van der Waals surface area contributed by atoms with E-state index in [-0.39, 0.29) is 0 Å². The third kappa shape index (κ3) is 1.53. The van der Waals surface area contributed by atoms with E-state index in [1.54, 1.807) is 6.92 Å². The van der Waals surface area contributed by atoms with Crippen LogP contribution in [-0.2, 0) is 0 Å². The highest BCUT2D eigenvalue weighted by atomic mass is 14.4. The van der Waals surface area contributed by atoms with E-state index in [0.717, 1.165) is 12.8 Å². The summed E-state index contributed by atoms with van der Waals surface area (Å²) in [6, 6.07) is 0. The fourth-order valence-corrected chi connectivity index (χ4v) is 2.16. The van der Waals surface area contributed by atoms with Gasteiger partial charge in [-0.3, -0.25) is 0 Å². The lowest BCUT2D eigenvalue weighted by Gasteiger charge is -2.26. The van der Waals surface area contributed by atoms with Crippen molar-refractivity contribution in [1.29, 1.82) is 0 Å². The number of hydrogen-bond acceptors (Lipinski definition) is 0. The zero-order chi connectivity index (χ0) is 9.24. The van der Waals surface area contributed by atoms with Crippen molar-refractivity contribution in [3.05, 3.63) is 0 Å². The van der Waals surface area contributed by atoms with Crippen molar-refractivity contribution < 1.29 is 2.74 Å². The molecule has 0 heterocycles. The standard InChI is InChI=1S/C10H20/c1-3-7-10(4-2)8-5-6-9-10/h3-9H2,1-2H3/i3D2. The van der Waals surface area contributed by atoms with Gasteiger partial charge in [0, 0.05) is 2.74 Å². The molecule has 0 amide bonds. The molecule has 0 aromatic rings. The molecule has 0 aliphatic heterocycles. The summed E-state index contributed by atoms with van der Waals surface area (Å²) >= 11 is 0. The van der Waals surface area contributed by atoms with Gasteiger partial charge >= 0.3 is 0 Å². The fourth-order valence-electron chi connectivity index (χ4n) is 2.16. The Morgan fingerprint density at radius 2 is 1.90 bits per heavy atom. The molecule has 0 unspecified atom stereocenters. The third-order valence-corrected chi connectivity index (χ3v) is 2.97. The first-order chi connectivity index (χ1) is 5.47. The maximum atomic E-state index is 7.59. The van der Waals surface area contributed by atoms with Crippen LogP contribution in [0.1, 0.15) is 61.5 Å². The molecule has 0 atom stereocenters. The second kappa shape index (κ2) is 3.41. The van der Waals surface area contributed by atoms with Gasteiger partial charge in [0.2, 0.25) is 0 Å². The lowest BCUT2D eigenvalue weighted by Crippen LogP contribution is -2.13. The summed E-state index contributed by atoms with van der Waals surface area (Å²) in [5.74, 6) is 0. The summed E-state index contributed by atoms with van der Waals surface area (Å²) in [7, 11) is 0. The van der Waals surface area contributed by atoms with Gasteiger partial charge in [-0.25, -0.2) is 0 Å². The summed E-state index contributed by atoms with van der Waals surface area (Å²) in [5, 5.41) is 0. The Hall–Kier alpha value is 0. The van der Waals surface area contributed by atoms with E-state index in [1.165, 1.54) is 25.7 Å². The normalized spacial score (nSPS) is 27.8. The molecule has 1 aliphatic carbocycles. The topological polar surface area (TPSA) is 0 Å². The van der Waals surface area contributed by atoms with Crippen LogP contribution in [0.25, 0.3) is 0 Å². The van der Waals surface area contributed by atoms with Gasteiger partial charge in [-0.2, -0.15) is 0 Å². The average molecular weight is 142 g/mol. The maximum absolute atomic E-state index is 7.59. The SMILES string of the molecule is [2H]C([2H])(C)CC1(CC)CCCC1. The van der Waals surface area contributed by atoms with Crippen LogP contribution in [0.5, 0.6) is 0 Å². The van der Waals surface area contributed by atoms with Gasteiger partial charge in [0.05, 0.1) is 0 Å². The van der Waals surface area contributed by atoms with Crippen LogP contribution in [0.2, 0.25) is 0 Å². The van der Waals surface area contributed by atoms with Crippen molar-refractivity contribution in [1.82, 2.24) is 0 Å². The monoisotopic (exact) mass is 142 g/mol. The minimum absolute atomic E-state index is 0.345. The van der Waals surface area contributed by atoms with Crippen LogP contribution in [0.3, 0.4) is 0 Å². The van der Waals surface area contributed by atoms with Crippen LogP contribution in [-0.4, -0.2) is 0 Å². The van der Waals surface area contributed by atoms with E-state index in [0.29, 0.717) is 5.41 Å². The molecule has 0 radical (unpaired) electrons. The van der Waals surface area contributed by atoms with Crippen LogP contribution in [0.15, 0.2) is 0 Å². The van der Waals surface area contributed by atoms with Crippen LogP contribution in [0.4, 0.5) is 0 Å². The molecule has 10 heavy (non-hydrogen) atoms. The molecule has 0 spiro atoms. The van der Waals surface area contributed by atoms with E-state index >= 15 is 0 Å². The number of rotatable bonds is 3. The Morgan fingerprint density at radius 3 is 2.30 bits per heavy atom. The molecule has 0 nitrogen and oxygen atoms in total. The maximum Gasteiger partial charge on any atom is 0.0264 e. The molecule has 0 bridgehead atoms. The Bertz CT molecular complexity index is 140. The van der Waals surface area contributed by atoms with Crippen molar-refractivity contribution in [3.8, 4) is 0 Å². The second-order valence-corrected chi connectivity index (χ2v) is 3.59. The van der Waals surface area contributed by atoms with Crippen molar-refractivity contribution in [2.75, 3.05) is 0 Å². The summed E-state index contributed by atoms with van der Waals surface area (Å²) in [6.07, 6.45) is 6.05. The Labute approximate surface area is 67.8 Å². The van der Waals surface area contributed by atoms with Gasteiger partial charge in [0.1, 0.15) is 0 Å². The fraction of sp³-hybridized carbons (Fsp3) is 1.00. The lowest BCUT2D eigenvalue weighted by molar-refractivity contribution is 0.257. The Morgan fingerprint density at radius 1 is 1.30 bits per heavy atom. The van der Waals surface area contributed by atoms with Gasteiger partial charge < -0.3 is 0 Å². The predicted molar refractivity (Wildman–Crippen MR) is 46.1 cm³/mol. The minimum Gasteiger partial charge on any atom is -0.0654 e. The molecule has 0 heteroatoms. The molecule has 0 aromatic carbocycles. The highest BCUT2D eigenvalue weighted by Gasteiger charge is 2.30. The zero-order valence-corrected chi connectivity index (χ0v) is 7.24. The van der Waals surface area contributed by atoms with Crippen molar-refractivity contribution in [2.24, 2.45) is 5.41 Å². The summed E-state index contributed by atoms with van der Waals surface area (Å²) in [4.78, 5) is 0. The summed E-state index contributed by atoms with van der Waals surface area (Å²) < 4.78 is 15.2. The second-order valence-electron chi connectivity index (χ2n) is 3.59. The molecule has 60 valence electrons. The first-order valence-electron chi connectivity index (χ1n) is 5.47. The highest BCUT2D eigenvalue weighted by molar-refractivity contribution is 4.82. The van der Waals surface area contributed by atoms with Crippen molar-refractivity contribution in [3.63, 3.8) is 0 Å². The zero-order valence-electron chi connectivity index (χ0n) is 9.24. The van der Waals surface area contributed by atoms with E-state index in [1.807, 2.05) is 0 Å². The molecule has 0 N–H and O–H groups in total. The summed E-state index contributed by atoms with van der Waals surface area (Å²) in [5.41, 5.74) is 0.345. The molecule has 0 aromatic heterocycles. The molecule has 1 aliphatic rings. The largest absolute Gasteiger partial charge is 0.0654 e. The number of hydrogen-bond donors (Lipinski definition) is 0. The van der Waals surface area contributed by atoms with Crippen LogP contribution >= 0.6 is 0 Å². The highest BCUT2D eigenvalue weighted by Crippen LogP contribution is 2.44. The molecule has 1 saturated carbocycles. The van der Waals surface area contributed by atoms with Crippen molar-refractivity contribution in [2.45, 2.75) is 58.7 Å². The molecule has 0 saturated heterocycles. The van der Waals surface area contributed by atoms with Crippen molar-refractivity contribution >= 4 is 0 Å². The lowest BCUT2D eigenvalue weighted by atomic mass is 9.79. The smallest absolute Gasteiger partial charge is 0.0264 e. The van der Waals surface area contributed by atoms with Gasteiger partial charge in [-0.15, -0.1) is 0 Å². The predicted octanol–water partition coefficient (Wildman–Crippen LogP) is 3.76. The van der Waals surface area contributed by atoms with E-state index in [4.69, 9.17) is 2.74 Å². The minimum atomic E-state index is -0.972. The average Bonchev–Trinajstić information content (AvgIpc) is 2.34. The van der Waals surface area contributed by atoms with E-state index in [2.05, 4.69) is 6.92 Å². The van der Waals surface area contributed by atoms with Gasteiger partial charge in [0.25, 0.3) is 0 Å². The quantitative estimate of drug-likeness (QED) is 0.563. The summed E-state index contributed by atoms with van der Waals surface area (Å²) in [6.45, 7) is 3.92. The van der Waals surface area contributed by atoms with E-state index < -0.39 is 6.37 Å².